The topological polar surface area (TPSA) is 56.1 Å². The minimum atomic E-state index is -4.39. The first-order valence-corrected chi connectivity index (χ1v) is 8.45. The lowest BCUT2D eigenvalue weighted by Gasteiger charge is -2.08. The van der Waals surface area contributed by atoms with Crippen molar-refractivity contribution >= 4 is 11.6 Å². The molecule has 2 aromatic carbocycles. The lowest BCUT2D eigenvalue weighted by atomic mass is 10.1. The van der Waals surface area contributed by atoms with Crippen molar-refractivity contribution in [1.29, 1.82) is 0 Å². The number of amides is 1. The third-order valence-corrected chi connectivity index (χ3v) is 4.04. The highest BCUT2D eigenvalue weighted by atomic mass is 19.4. The van der Waals surface area contributed by atoms with Crippen molar-refractivity contribution in [3.63, 3.8) is 0 Å². The van der Waals surface area contributed by atoms with E-state index in [1.54, 1.807) is 43.6 Å². The summed E-state index contributed by atoms with van der Waals surface area (Å²) in [7, 11) is 1.57. The Morgan fingerprint density at radius 3 is 2.57 bits per heavy atom. The van der Waals surface area contributed by atoms with Gasteiger partial charge in [-0.3, -0.25) is 9.48 Å². The molecule has 0 fully saturated rings. The van der Waals surface area contributed by atoms with E-state index in [9.17, 15) is 18.0 Å². The van der Waals surface area contributed by atoms with E-state index >= 15 is 0 Å². The molecule has 1 amide bonds. The monoisotopic (exact) mass is 389 g/mol. The predicted octanol–water partition coefficient (Wildman–Crippen LogP) is 4.14. The molecule has 0 saturated carbocycles. The number of carbonyl (C=O) groups excluding carboxylic acids is 1. The van der Waals surface area contributed by atoms with Crippen molar-refractivity contribution < 1.29 is 22.7 Å². The van der Waals surface area contributed by atoms with Gasteiger partial charge in [-0.25, -0.2) is 0 Å². The van der Waals surface area contributed by atoms with Crippen LogP contribution in [0.2, 0.25) is 0 Å². The molecule has 3 rings (SSSR count). The molecular formula is C20H18F3N3O2. The van der Waals surface area contributed by atoms with E-state index in [1.165, 1.54) is 16.9 Å². The van der Waals surface area contributed by atoms with Crippen molar-refractivity contribution in [3.05, 3.63) is 77.6 Å². The Labute approximate surface area is 159 Å². The van der Waals surface area contributed by atoms with E-state index in [4.69, 9.17) is 4.74 Å². The van der Waals surface area contributed by atoms with Gasteiger partial charge in [0.15, 0.2) is 0 Å². The van der Waals surface area contributed by atoms with Crippen LogP contribution >= 0.6 is 0 Å². The van der Waals surface area contributed by atoms with Crippen LogP contribution < -0.4 is 10.1 Å². The molecule has 146 valence electrons. The van der Waals surface area contributed by atoms with Gasteiger partial charge in [-0.05, 0) is 35.4 Å². The van der Waals surface area contributed by atoms with Gasteiger partial charge in [-0.2, -0.15) is 18.3 Å². The second kappa shape index (κ2) is 8.16. The summed E-state index contributed by atoms with van der Waals surface area (Å²) in [5, 5.41) is 6.82. The lowest BCUT2D eigenvalue weighted by molar-refractivity contribution is -0.137. The molecule has 1 N–H and O–H groups in total. The van der Waals surface area contributed by atoms with Crippen LogP contribution in [0.15, 0.2) is 60.9 Å². The fourth-order valence-electron chi connectivity index (χ4n) is 2.68. The first kappa shape index (κ1) is 19.5. The highest BCUT2D eigenvalue weighted by Crippen LogP contribution is 2.29. The number of methoxy groups -OCH3 is 1. The lowest BCUT2D eigenvalue weighted by Crippen LogP contribution is -2.14. The molecule has 0 saturated heterocycles. The van der Waals surface area contributed by atoms with Crippen molar-refractivity contribution in [2.75, 3.05) is 12.4 Å². The first-order valence-electron chi connectivity index (χ1n) is 8.45. The maximum atomic E-state index is 12.8. The number of benzene rings is 2. The third-order valence-electron chi connectivity index (χ3n) is 4.04. The predicted molar refractivity (Wildman–Crippen MR) is 98.1 cm³/mol. The Bertz CT molecular complexity index is 950. The van der Waals surface area contributed by atoms with Gasteiger partial charge in [0.2, 0.25) is 5.91 Å². The first-order chi connectivity index (χ1) is 13.3. The molecule has 28 heavy (non-hydrogen) atoms. The zero-order valence-electron chi connectivity index (χ0n) is 15.0. The van der Waals surface area contributed by atoms with Gasteiger partial charge in [0.25, 0.3) is 0 Å². The van der Waals surface area contributed by atoms with E-state index < -0.39 is 11.7 Å². The van der Waals surface area contributed by atoms with Crippen LogP contribution in [0.5, 0.6) is 5.75 Å². The molecule has 8 heteroatoms. The molecule has 1 aromatic heterocycles. The maximum Gasteiger partial charge on any atom is 0.416 e. The molecule has 0 atom stereocenters. The van der Waals surface area contributed by atoms with E-state index in [1.807, 2.05) is 0 Å². The average molecular weight is 389 g/mol. The van der Waals surface area contributed by atoms with Crippen LogP contribution in [0.3, 0.4) is 0 Å². The fourth-order valence-corrected chi connectivity index (χ4v) is 2.68. The average Bonchev–Trinajstić information content (AvgIpc) is 3.08. The summed E-state index contributed by atoms with van der Waals surface area (Å²) < 4.78 is 44.9. The number of aromatic nitrogens is 2. The second-order valence-electron chi connectivity index (χ2n) is 6.20. The number of rotatable bonds is 6. The van der Waals surface area contributed by atoms with Crippen LogP contribution in [-0.4, -0.2) is 22.8 Å². The van der Waals surface area contributed by atoms with E-state index in [0.717, 1.165) is 17.7 Å². The number of halogens is 3. The second-order valence-corrected chi connectivity index (χ2v) is 6.20. The molecule has 3 aromatic rings. The maximum absolute atomic E-state index is 12.8. The van der Waals surface area contributed by atoms with Crippen molar-refractivity contribution in [2.45, 2.75) is 19.1 Å². The zero-order valence-corrected chi connectivity index (χ0v) is 15.0. The molecule has 0 aliphatic carbocycles. The summed E-state index contributed by atoms with van der Waals surface area (Å²) in [5.41, 5.74) is 1.07. The van der Waals surface area contributed by atoms with Gasteiger partial charge < -0.3 is 10.1 Å². The van der Waals surface area contributed by atoms with Gasteiger partial charge in [0.1, 0.15) is 5.75 Å². The number of anilines is 1. The standard InChI is InChI=1S/C20H18F3N3O2/c1-28-18-7-5-14(6-8-18)10-19(27)25-17-11-24-26(13-17)12-15-3-2-4-16(9-15)20(21,22)23/h2-9,11,13H,10,12H2,1H3,(H,25,27). The Morgan fingerprint density at radius 2 is 1.89 bits per heavy atom. The summed E-state index contributed by atoms with van der Waals surface area (Å²) in [4.78, 5) is 12.2. The van der Waals surface area contributed by atoms with E-state index in [-0.39, 0.29) is 18.9 Å². The van der Waals surface area contributed by atoms with Crippen LogP contribution in [0, 0.1) is 0 Å². The molecule has 0 unspecified atom stereocenters. The van der Waals surface area contributed by atoms with Gasteiger partial charge in [0, 0.05) is 6.20 Å². The smallest absolute Gasteiger partial charge is 0.416 e. The Balaban J connectivity index is 1.60. The number of carbonyl (C=O) groups is 1. The summed E-state index contributed by atoms with van der Waals surface area (Å²) in [6.07, 6.45) is -1.17. The quantitative estimate of drug-likeness (QED) is 0.689. The highest BCUT2D eigenvalue weighted by molar-refractivity contribution is 5.92. The summed E-state index contributed by atoms with van der Waals surface area (Å²) in [5.74, 6) is 0.490. The molecule has 1 heterocycles. The van der Waals surface area contributed by atoms with Gasteiger partial charge in [-0.1, -0.05) is 24.3 Å². The Morgan fingerprint density at radius 1 is 1.14 bits per heavy atom. The van der Waals surface area contributed by atoms with Gasteiger partial charge >= 0.3 is 6.18 Å². The minimum Gasteiger partial charge on any atom is -0.497 e. The van der Waals surface area contributed by atoms with Crippen molar-refractivity contribution in [3.8, 4) is 5.75 Å². The summed E-state index contributed by atoms with van der Waals surface area (Å²) in [6, 6.07) is 12.2. The number of alkyl halides is 3. The van der Waals surface area contributed by atoms with Crippen molar-refractivity contribution in [2.24, 2.45) is 0 Å². The highest BCUT2D eigenvalue weighted by Gasteiger charge is 2.30. The molecule has 5 nitrogen and oxygen atoms in total. The Hall–Kier alpha value is -3.29. The number of hydrogen-bond acceptors (Lipinski definition) is 3. The molecule has 0 aliphatic heterocycles. The molecule has 0 spiro atoms. The third kappa shape index (κ3) is 5.12. The van der Waals surface area contributed by atoms with Crippen LogP contribution in [-0.2, 0) is 23.9 Å². The van der Waals surface area contributed by atoms with Crippen molar-refractivity contribution in [1.82, 2.24) is 9.78 Å². The van der Waals surface area contributed by atoms with Crippen LogP contribution in [0.4, 0.5) is 18.9 Å². The number of ether oxygens (including phenoxy) is 1. The fraction of sp³-hybridized carbons (Fsp3) is 0.200. The van der Waals surface area contributed by atoms with Crippen LogP contribution in [0.25, 0.3) is 0 Å². The summed E-state index contributed by atoms with van der Waals surface area (Å²) in [6.45, 7) is 0.165. The van der Waals surface area contributed by atoms with E-state index in [0.29, 0.717) is 17.0 Å². The van der Waals surface area contributed by atoms with Crippen LogP contribution in [0.1, 0.15) is 16.7 Å². The largest absolute Gasteiger partial charge is 0.497 e. The molecule has 0 bridgehead atoms. The van der Waals surface area contributed by atoms with Gasteiger partial charge in [0.05, 0.1) is 37.5 Å². The number of nitrogens with zero attached hydrogens (tertiary/aromatic N) is 2. The minimum absolute atomic E-state index is 0.165. The number of hydrogen-bond donors (Lipinski definition) is 1. The normalized spacial score (nSPS) is 11.3. The molecular weight excluding hydrogens is 371 g/mol. The zero-order chi connectivity index (χ0) is 20.1. The van der Waals surface area contributed by atoms with Gasteiger partial charge in [-0.15, -0.1) is 0 Å². The number of nitrogens with one attached hydrogen (secondary N) is 1. The molecule has 0 aliphatic rings. The molecule has 0 radical (unpaired) electrons. The SMILES string of the molecule is COc1ccc(CC(=O)Nc2cnn(Cc3cccc(C(F)(F)F)c3)c2)cc1. The van der Waals surface area contributed by atoms with E-state index in [2.05, 4.69) is 10.4 Å². The Kier molecular flexibility index (Phi) is 5.67. The summed E-state index contributed by atoms with van der Waals surface area (Å²) >= 11 is 0.